The van der Waals surface area contributed by atoms with E-state index in [1.54, 1.807) is 31.4 Å². The Morgan fingerprint density at radius 2 is 1.51 bits per heavy atom. The average Bonchev–Trinajstić information content (AvgIpc) is 3.19. The number of nitrogens with one attached hydrogen (secondary N) is 2. The molecule has 3 aromatic rings. The van der Waals surface area contributed by atoms with Crippen molar-refractivity contribution < 1.29 is 29.0 Å². The number of ether oxygens (including phenoxy) is 2. The lowest BCUT2D eigenvalue weighted by molar-refractivity contribution is -0.138. The fourth-order valence-electron chi connectivity index (χ4n) is 4.27. The largest absolute Gasteiger partial charge is 0.497 e. The molecule has 35 heavy (non-hydrogen) atoms. The fraction of sp³-hybridized carbons (Fsp3) is 0.222. The summed E-state index contributed by atoms with van der Waals surface area (Å²) in [6.45, 7) is -0.448. The molecule has 1 aliphatic carbocycles. The van der Waals surface area contributed by atoms with E-state index in [0.717, 1.165) is 27.8 Å². The number of benzene rings is 3. The summed E-state index contributed by atoms with van der Waals surface area (Å²) in [5, 5.41) is 13.8. The summed E-state index contributed by atoms with van der Waals surface area (Å²) in [7, 11) is 1.55. The van der Waals surface area contributed by atoms with Crippen molar-refractivity contribution in [2.45, 2.75) is 18.4 Å². The zero-order valence-corrected chi connectivity index (χ0v) is 19.2. The van der Waals surface area contributed by atoms with E-state index in [0.29, 0.717) is 5.75 Å². The fourth-order valence-corrected chi connectivity index (χ4v) is 4.27. The smallest absolute Gasteiger partial charge is 0.407 e. The van der Waals surface area contributed by atoms with Crippen LogP contribution < -0.4 is 15.4 Å². The second-order valence-corrected chi connectivity index (χ2v) is 8.19. The van der Waals surface area contributed by atoms with Crippen LogP contribution in [-0.4, -0.2) is 49.4 Å². The minimum absolute atomic E-state index is 0.103. The van der Waals surface area contributed by atoms with Crippen LogP contribution in [-0.2, 0) is 20.7 Å². The summed E-state index contributed by atoms with van der Waals surface area (Å²) in [6, 6.07) is 22.0. The Hall–Kier alpha value is -4.33. The van der Waals surface area contributed by atoms with E-state index in [4.69, 9.17) is 14.6 Å². The summed E-state index contributed by atoms with van der Waals surface area (Å²) in [5.41, 5.74) is 5.15. The van der Waals surface area contributed by atoms with Crippen LogP contribution in [0.1, 0.15) is 22.6 Å². The van der Waals surface area contributed by atoms with Gasteiger partial charge in [-0.2, -0.15) is 0 Å². The van der Waals surface area contributed by atoms with E-state index in [-0.39, 0.29) is 18.9 Å². The van der Waals surface area contributed by atoms with Gasteiger partial charge < -0.3 is 25.2 Å². The average molecular weight is 475 g/mol. The molecule has 2 amide bonds. The van der Waals surface area contributed by atoms with Gasteiger partial charge in [0.2, 0.25) is 5.91 Å². The van der Waals surface area contributed by atoms with Gasteiger partial charge in [0.1, 0.15) is 24.9 Å². The maximum absolute atomic E-state index is 12.7. The molecule has 0 fully saturated rings. The van der Waals surface area contributed by atoms with Crippen LogP contribution in [0.5, 0.6) is 5.75 Å². The number of alkyl carbamates (subject to hydrolysis) is 1. The normalized spacial score (nSPS) is 12.7. The number of carbonyl (C=O) groups is 3. The molecule has 8 heteroatoms. The Kier molecular flexibility index (Phi) is 7.30. The third kappa shape index (κ3) is 5.60. The molecule has 0 heterocycles. The highest BCUT2D eigenvalue weighted by molar-refractivity contribution is 5.88. The van der Waals surface area contributed by atoms with Crippen LogP contribution in [0.15, 0.2) is 72.8 Å². The van der Waals surface area contributed by atoms with Gasteiger partial charge in [-0.15, -0.1) is 0 Å². The van der Waals surface area contributed by atoms with Crippen LogP contribution in [0, 0.1) is 0 Å². The van der Waals surface area contributed by atoms with E-state index >= 15 is 0 Å². The van der Waals surface area contributed by atoms with Gasteiger partial charge in [0.25, 0.3) is 0 Å². The van der Waals surface area contributed by atoms with Gasteiger partial charge in [-0.25, -0.2) is 4.79 Å². The molecule has 0 aromatic heterocycles. The Balaban J connectivity index is 1.44. The number of carboxylic acids is 1. The van der Waals surface area contributed by atoms with E-state index in [2.05, 4.69) is 10.6 Å². The van der Waals surface area contributed by atoms with Crippen molar-refractivity contribution in [3.8, 4) is 16.9 Å². The molecule has 1 aliphatic rings. The molecule has 4 rings (SSSR count). The first-order chi connectivity index (χ1) is 17.0. The number of carbonyl (C=O) groups excluding carboxylic acids is 2. The quantitative estimate of drug-likeness (QED) is 0.438. The molecule has 8 nitrogen and oxygen atoms in total. The van der Waals surface area contributed by atoms with Gasteiger partial charge >= 0.3 is 12.1 Å². The number of hydrogen-bond acceptors (Lipinski definition) is 5. The zero-order valence-electron chi connectivity index (χ0n) is 19.2. The number of carboxylic acid groups (broad SMARTS) is 1. The first-order valence-electron chi connectivity index (χ1n) is 11.2. The Morgan fingerprint density at radius 3 is 2.09 bits per heavy atom. The minimum Gasteiger partial charge on any atom is -0.497 e. The maximum Gasteiger partial charge on any atom is 0.407 e. The van der Waals surface area contributed by atoms with Crippen molar-refractivity contribution >= 4 is 18.0 Å². The summed E-state index contributed by atoms with van der Waals surface area (Å²) in [5.74, 6) is -1.25. The van der Waals surface area contributed by atoms with Crippen LogP contribution in [0.3, 0.4) is 0 Å². The molecule has 0 saturated carbocycles. The lowest BCUT2D eigenvalue weighted by atomic mass is 9.98. The molecule has 0 saturated heterocycles. The highest BCUT2D eigenvalue weighted by Crippen LogP contribution is 2.44. The van der Waals surface area contributed by atoms with Gasteiger partial charge in [0, 0.05) is 12.3 Å². The molecule has 0 bridgehead atoms. The summed E-state index contributed by atoms with van der Waals surface area (Å²) in [6.07, 6.45) is -0.601. The molecule has 0 spiro atoms. The highest BCUT2D eigenvalue weighted by atomic mass is 16.5. The molecule has 3 N–H and O–H groups in total. The standard InChI is InChI=1S/C27H26N2O6/c1-34-18-12-10-17(11-13-18)14-24(26(32)28-15-25(30)31)29-27(33)35-16-23-21-8-4-2-6-19(21)20-7-3-5-9-22(20)23/h2-13,23-24H,14-16H2,1H3,(H,28,32)(H,29,33)(H,30,31)/t24-/m0/s1. The topological polar surface area (TPSA) is 114 Å². The minimum atomic E-state index is -1.18. The Morgan fingerprint density at radius 1 is 0.914 bits per heavy atom. The van der Waals surface area contributed by atoms with Crippen molar-refractivity contribution in [1.82, 2.24) is 10.6 Å². The van der Waals surface area contributed by atoms with Crippen LogP contribution >= 0.6 is 0 Å². The lowest BCUT2D eigenvalue weighted by Crippen LogP contribution is -2.49. The van der Waals surface area contributed by atoms with Crippen LogP contribution in [0.4, 0.5) is 4.79 Å². The molecule has 0 radical (unpaired) electrons. The van der Waals surface area contributed by atoms with E-state index in [1.807, 2.05) is 48.5 Å². The van der Waals surface area contributed by atoms with Gasteiger partial charge in [-0.3, -0.25) is 9.59 Å². The summed E-state index contributed by atoms with van der Waals surface area (Å²) in [4.78, 5) is 36.2. The Labute approximate surface area is 202 Å². The van der Waals surface area contributed by atoms with Crippen molar-refractivity contribution in [3.63, 3.8) is 0 Å². The van der Waals surface area contributed by atoms with Crippen molar-refractivity contribution in [1.29, 1.82) is 0 Å². The molecular formula is C27H26N2O6. The number of amides is 2. The zero-order chi connectivity index (χ0) is 24.8. The number of fused-ring (bicyclic) bond motifs is 3. The molecule has 1 atom stereocenters. The number of methoxy groups -OCH3 is 1. The molecular weight excluding hydrogens is 448 g/mol. The number of aliphatic carboxylic acids is 1. The summed E-state index contributed by atoms with van der Waals surface area (Å²) < 4.78 is 10.7. The number of rotatable bonds is 9. The third-order valence-corrected chi connectivity index (χ3v) is 5.96. The maximum atomic E-state index is 12.7. The van der Waals surface area contributed by atoms with E-state index < -0.39 is 30.6 Å². The molecule has 0 unspecified atom stereocenters. The van der Waals surface area contributed by atoms with E-state index in [1.165, 1.54) is 0 Å². The van der Waals surface area contributed by atoms with Crippen molar-refractivity contribution in [3.05, 3.63) is 89.5 Å². The highest BCUT2D eigenvalue weighted by Gasteiger charge is 2.30. The van der Waals surface area contributed by atoms with E-state index in [9.17, 15) is 14.4 Å². The molecule has 180 valence electrons. The predicted octanol–water partition coefficient (Wildman–Crippen LogP) is 3.35. The first-order valence-corrected chi connectivity index (χ1v) is 11.2. The van der Waals surface area contributed by atoms with Gasteiger partial charge in [0.05, 0.1) is 7.11 Å². The predicted molar refractivity (Wildman–Crippen MR) is 129 cm³/mol. The van der Waals surface area contributed by atoms with Crippen molar-refractivity contribution in [2.24, 2.45) is 0 Å². The molecule has 0 aliphatic heterocycles. The lowest BCUT2D eigenvalue weighted by Gasteiger charge is -2.20. The van der Waals surface area contributed by atoms with Gasteiger partial charge in [-0.1, -0.05) is 60.7 Å². The second kappa shape index (κ2) is 10.7. The van der Waals surface area contributed by atoms with Crippen molar-refractivity contribution in [2.75, 3.05) is 20.3 Å². The monoisotopic (exact) mass is 474 g/mol. The van der Waals surface area contributed by atoms with Gasteiger partial charge in [0.15, 0.2) is 0 Å². The van der Waals surface area contributed by atoms with Crippen LogP contribution in [0.2, 0.25) is 0 Å². The Bertz CT molecular complexity index is 1180. The van der Waals surface area contributed by atoms with Gasteiger partial charge in [-0.05, 0) is 39.9 Å². The second-order valence-electron chi connectivity index (χ2n) is 8.19. The number of hydrogen-bond donors (Lipinski definition) is 3. The first kappa shape index (κ1) is 23.8. The van der Waals surface area contributed by atoms with Crippen LogP contribution in [0.25, 0.3) is 11.1 Å². The third-order valence-electron chi connectivity index (χ3n) is 5.96. The molecule has 3 aromatic carbocycles. The SMILES string of the molecule is COc1ccc(C[C@H](NC(=O)OCC2c3ccccc3-c3ccccc32)C(=O)NCC(=O)O)cc1. The summed E-state index contributed by atoms with van der Waals surface area (Å²) >= 11 is 0.